The van der Waals surface area contributed by atoms with Crippen LogP contribution in [0.25, 0.3) is 10.8 Å². The lowest BCUT2D eigenvalue weighted by atomic mass is 9.88. The Morgan fingerprint density at radius 2 is 1.12 bits per heavy atom. The van der Waals surface area contributed by atoms with Gasteiger partial charge >= 0.3 is 23.9 Å². The molecule has 4 N–H and O–H groups in total. The number of carboxylic acids is 4. The first-order chi connectivity index (χ1) is 11.2. The molecule has 0 saturated heterocycles. The van der Waals surface area contributed by atoms with Gasteiger partial charge in [0.25, 0.3) is 0 Å². The van der Waals surface area contributed by atoms with Crippen molar-refractivity contribution in [2.75, 3.05) is 0 Å². The number of nitrogens with zero attached hydrogens (tertiary/aromatic N) is 1. The van der Waals surface area contributed by atoms with Crippen molar-refractivity contribution in [2.24, 2.45) is 0 Å². The van der Waals surface area contributed by atoms with Crippen LogP contribution in [0.3, 0.4) is 0 Å². The molecule has 0 aliphatic heterocycles. The molecule has 120 valence electrons. The summed E-state index contributed by atoms with van der Waals surface area (Å²) in [6.45, 7) is 0. The van der Waals surface area contributed by atoms with E-state index in [0.29, 0.717) is 0 Å². The van der Waals surface area contributed by atoms with Crippen molar-refractivity contribution in [3.8, 4) is 6.07 Å². The molecule has 2 rings (SSSR count). The van der Waals surface area contributed by atoms with Crippen molar-refractivity contribution in [3.63, 3.8) is 0 Å². The van der Waals surface area contributed by atoms with Gasteiger partial charge in [-0.3, -0.25) is 0 Å². The Morgan fingerprint density at radius 3 is 1.50 bits per heavy atom. The minimum absolute atomic E-state index is 0.0410. The zero-order chi connectivity index (χ0) is 18.2. The van der Waals surface area contributed by atoms with E-state index in [0.717, 1.165) is 12.1 Å². The molecule has 9 nitrogen and oxygen atoms in total. The predicted molar refractivity (Wildman–Crippen MR) is 76.5 cm³/mol. The van der Waals surface area contributed by atoms with Gasteiger partial charge in [0, 0.05) is 0 Å². The number of carbonyl (C=O) groups is 4. The summed E-state index contributed by atoms with van der Waals surface area (Å²) in [5, 5.41) is 45.4. The summed E-state index contributed by atoms with van der Waals surface area (Å²) in [7, 11) is 0. The summed E-state index contributed by atoms with van der Waals surface area (Å²) in [5.74, 6) is -7.29. The number of aromatic carboxylic acids is 4. The van der Waals surface area contributed by atoms with Gasteiger partial charge in [0.2, 0.25) is 0 Å². The van der Waals surface area contributed by atoms with E-state index in [9.17, 15) is 39.6 Å². The number of rotatable bonds is 4. The van der Waals surface area contributed by atoms with E-state index in [1.54, 1.807) is 6.07 Å². The lowest BCUT2D eigenvalue weighted by molar-refractivity contribution is 0.0621. The molecule has 0 heterocycles. The van der Waals surface area contributed by atoms with Crippen molar-refractivity contribution in [1.29, 1.82) is 5.26 Å². The van der Waals surface area contributed by atoms with Crippen LogP contribution >= 0.6 is 0 Å². The zero-order valence-corrected chi connectivity index (χ0v) is 11.6. The van der Waals surface area contributed by atoms with Gasteiger partial charge in [0.15, 0.2) is 0 Å². The molecule has 0 radical (unpaired) electrons. The zero-order valence-electron chi connectivity index (χ0n) is 11.6. The summed E-state index contributed by atoms with van der Waals surface area (Å²) < 4.78 is 0. The fourth-order valence-corrected chi connectivity index (χ4v) is 2.43. The fourth-order valence-electron chi connectivity index (χ4n) is 2.43. The Bertz CT molecular complexity index is 983. The number of benzene rings is 2. The van der Waals surface area contributed by atoms with Gasteiger partial charge in [-0.15, -0.1) is 0 Å². The highest BCUT2D eigenvalue weighted by atomic mass is 16.4. The third-order valence-corrected chi connectivity index (χ3v) is 3.29. The second kappa shape index (κ2) is 5.69. The minimum atomic E-state index is -1.91. The highest BCUT2D eigenvalue weighted by molar-refractivity contribution is 6.23. The van der Waals surface area contributed by atoms with E-state index in [4.69, 9.17) is 5.26 Å². The quantitative estimate of drug-likeness (QED) is 0.648. The van der Waals surface area contributed by atoms with Crippen LogP contribution in [0.4, 0.5) is 0 Å². The van der Waals surface area contributed by atoms with E-state index < -0.39 is 46.1 Å². The predicted octanol–water partition coefficient (Wildman–Crippen LogP) is 1.50. The number of hydrogen-bond donors (Lipinski definition) is 4. The summed E-state index contributed by atoms with van der Waals surface area (Å²) >= 11 is 0. The molecular formula is C15H7NO8. The Hall–Kier alpha value is -3.93. The Balaban J connectivity index is 3.29. The third-order valence-electron chi connectivity index (χ3n) is 3.29. The first-order valence-electron chi connectivity index (χ1n) is 6.17. The first kappa shape index (κ1) is 16.4. The maximum Gasteiger partial charge on any atom is 0.337 e. The monoisotopic (exact) mass is 329 g/mol. The van der Waals surface area contributed by atoms with E-state index in [2.05, 4.69) is 0 Å². The van der Waals surface area contributed by atoms with Gasteiger partial charge in [-0.1, -0.05) is 6.07 Å². The van der Waals surface area contributed by atoms with Gasteiger partial charge in [-0.05, 0) is 22.9 Å². The molecule has 2 aromatic rings. The average molecular weight is 329 g/mol. The van der Waals surface area contributed by atoms with E-state index in [1.165, 1.54) is 6.07 Å². The third kappa shape index (κ3) is 2.38. The van der Waals surface area contributed by atoms with Gasteiger partial charge in [0.05, 0.1) is 33.9 Å². The number of hydrogen-bond acceptors (Lipinski definition) is 5. The lowest BCUT2D eigenvalue weighted by Crippen LogP contribution is -2.20. The average Bonchev–Trinajstić information content (AvgIpc) is 2.50. The molecular weight excluding hydrogens is 322 g/mol. The number of carboxylic acid groups (broad SMARTS) is 4. The van der Waals surface area contributed by atoms with Crippen LogP contribution in [0.2, 0.25) is 0 Å². The largest absolute Gasteiger partial charge is 0.478 e. The highest BCUT2D eigenvalue weighted by Gasteiger charge is 2.33. The number of fused-ring (bicyclic) bond motifs is 1. The summed E-state index contributed by atoms with van der Waals surface area (Å²) in [4.78, 5) is 45.9. The molecule has 0 aromatic heterocycles. The molecule has 2 aromatic carbocycles. The minimum Gasteiger partial charge on any atom is -0.478 e. The summed E-state index contributed by atoms with van der Waals surface area (Å²) in [6.07, 6.45) is 0. The van der Waals surface area contributed by atoms with E-state index in [-0.39, 0.29) is 16.3 Å². The van der Waals surface area contributed by atoms with Crippen LogP contribution < -0.4 is 0 Å². The van der Waals surface area contributed by atoms with Crippen LogP contribution in [-0.4, -0.2) is 44.3 Å². The summed E-state index contributed by atoms with van der Waals surface area (Å²) in [5.41, 5.74) is -4.08. The lowest BCUT2D eigenvalue weighted by Gasteiger charge is -2.14. The smallest absolute Gasteiger partial charge is 0.337 e. The highest BCUT2D eigenvalue weighted by Crippen LogP contribution is 2.32. The molecule has 0 aliphatic rings. The second-order valence-electron chi connectivity index (χ2n) is 4.59. The van der Waals surface area contributed by atoms with Crippen molar-refractivity contribution >= 4 is 34.6 Å². The maximum atomic E-state index is 11.5. The van der Waals surface area contributed by atoms with Crippen LogP contribution in [-0.2, 0) is 0 Å². The Labute approximate surface area is 132 Å². The van der Waals surface area contributed by atoms with Gasteiger partial charge in [-0.2, -0.15) is 5.26 Å². The van der Waals surface area contributed by atoms with Gasteiger partial charge < -0.3 is 20.4 Å². The molecule has 0 amide bonds. The molecule has 0 spiro atoms. The fraction of sp³-hybridized carbons (Fsp3) is 0. The molecule has 0 bridgehead atoms. The van der Waals surface area contributed by atoms with Gasteiger partial charge in [-0.25, -0.2) is 19.2 Å². The standard InChI is InChI=1S/C15H7NO8/c16-4-5-1-2-6-7(3-5)9(13(19)20)11(15(23)24)10(14(21)22)8(6)12(17)18/h1-3H,(H,17,18)(H,19,20)(H,21,22)(H,23,24). The molecule has 0 atom stereocenters. The van der Waals surface area contributed by atoms with E-state index in [1.807, 2.05) is 0 Å². The molecule has 0 aliphatic carbocycles. The maximum absolute atomic E-state index is 11.5. The van der Waals surface area contributed by atoms with Crippen LogP contribution in [0.5, 0.6) is 0 Å². The Kier molecular flexibility index (Phi) is 3.90. The molecule has 9 heteroatoms. The molecule has 0 fully saturated rings. The van der Waals surface area contributed by atoms with Crippen LogP contribution in [0.1, 0.15) is 47.0 Å². The topological polar surface area (TPSA) is 173 Å². The second-order valence-corrected chi connectivity index (χ2v) is 4.59. The number of nitriles is 1. The summed E-state index contributed by atoms with van der Waals surface area (Å²) in [6, 6.07) is 4.96. The van der Waals surface area contributed by atoms with Crippen molar-refractivity contribution < 1.29 is 39.6 Å². The van der Waals surface area contributed by atoms with Crippen molar-refractivity contribution in [2.45, 2.75) is 0 Å². The SMILES string of the molecule is N#Cc1ccc2c(C(=O)O)c(C(=O)O)c(C(=O)O)c(C(=O)O)c2c1. The van der Waals surface area contributed by atoms with Gasteiger partial charge in [0.1, 0.15) is 0 Å². The normalized spacial score (nSPS) is 10.1. The first-order valence-corrected chi connectivity index (χ1v) is 6.17. The molecule has 0 saturated carbocycles. The van der Waals surface area contributed by atoms with Crippen molar-refractivity contribution in [3.05, 3.63) is 46.0 Å². The van der Waals surface area contributed by atoms with E-state index >= 15 is 0 Å². The molecule has 24 heavy (non-hydrogen) atoms. The van der Waals surface area contributed by atoms with Crippen molar-refractivity contribution in [1.82, 2.24) is 0 Å². The Morgan fingerprint density at radius 1 is 0.708 bits per heavy atom. The van der Waals surface area contributed by atoms with Crippen LogP contribution in [0, 0.1) is 11.3 Å². The van der Waals surface area contributed by atoms with Crippen LogP contribution in [0.15, 0.2) is 18.2 Å². The molecule has 0 unspecified atom stereocenters.